The van der Waals surface area contributed by atoms with Crippen molar-refractivity contribution in [2.45, 2.75) is 13.8 Å². The van der Waals surface area contributed by atoms with Crippen LogP contribution in [0.15, 0.2) is 41.5 Å². The number of amides is 2. The second-order valence-electron chi connectivity index (χ2n) is 5.36. The quantitative estimate of drug-likeness (QED) is 0.373. The van der Waals surface area contributed by atoms with Crippen molar-refractivity contribution >= 4 is 35.3 Å². The molecule has 0 atom stereocenters. The first kappa shape index (κ1) is 21.0. The number of nitrogens with zero attached hydrogens (tertiary/aromatic N) is 1. The number of rotatable bonds is 7. The molecule has 0 unspecified atom stereocenters. The van der Waals surface area contributed by atoms with E-state index in [9.17, 15) is 14.7 Å². The fourth-order valence-corrected chi connectivity index (χ4v) is 2.40. The predicted molar refractivity (Wildman–Crippen MR) is 106 cm³/mol. The Balaban J connectivity index is 2.01. The van der Waals surface area contributed by atoms with E-state index in [1.807, 2.05) is 6.92 Å². The van der Waals surface area contributed by atoms with Crippen molar-refractivity contribution < 1.29 is 24.2 Å². The normalized spacial score (nSPS) is 10.5. The highest BCUT2D eigenvalue weighted by Crippen LogP contribution is 2.34. The molecule has 0 radical (unpaired) electrons. The monoisotopic (exact) mass is 405 g/mol. The molecule has 148 valence electrons. The van der Waals surface area contributed by atoms with Gasteiger partial charge in [0.2, 0.25) is 0 Å². The average Bonchev–Trinajstić information content (AvgIpc) is 2.67. The summed E-state index contributed by atoms with van der Waals surface area (Å²) in [7, 11) is 0. The molecule has 0 aliphatic carbocycles. The van der Waals surface area contributed by atoms with Crippen LogP contribution in [-0.2, 0) is 9.59 Å². The van der Waals surface area contributed by atoms with Crippen molar-refractivity contribution in [2.75, 3.05) is 18.5 Å². The maximum Gasteiger partial charge on any atom is 0.329 e. The van der Waals surface area contributed by atoms with Crippen LogP contribution >= 0.6 is 11.6 Å². The lowest BCUT2D eigenvalue weighted by Crippen LogP contribution is -2.32. The fourth-order valence-electron chi connectivity index (χ4n) is 2.18. The van der Waals surface area contributed by atoms with Crippen LogP contribution in [-0.4, -0.2) is 36.3 Å². The third kappa shape index (κ3) is 5.62. The van der Waals surface area contributed by atoms with Gasteiger partial charge >= 0.3 is 11.8 Å². The zero-order valence-corrected chi connectivity index (χ0v) is 16.1. The molecule has 0 aliphatic heterocycles. The lowest BCUT2D eigenvalue weighted by atomic mass is 10.2. The number of hydrogen-bond acceptors (Lipinski definition) is 6. The molecule has 2 amide bonds. The smallest absolute Gasteiger partial charge is 0.329 e. The van der Waals surface area contributed by atoms with E-state index in [2.05, 4.69) is 15.8 Å². The number of anilines is 1. The second kappa shape index (κ2) is 10.2. The van der Waals surface area contributed by atoms with Gasteiger partial charge in [0.1, 0.15) is 5.75 Å². The summed E-state index contributed by atoms with van der Waals surface area (Å²) in [5.74, 6) is -1.40. The van der Waals surface area contributed by atoms with Gasteiger partial charge in [-0.05, 0) is 43.7 Å². The first-order valence-electron chi connectivity index (χ1n) is 8.47. The van der Waals surface area contributed by atoms with Crippen LogP contribution in [0.4, 0.5) is 5.69 Å². The number of para-hydroxylation sites is 2. The van der Waals surface area contributed by atoms with E-state index in [0.717, 1.165) is 0 Å². The minimum absolute atomic E-state index is 0.0731. The molecule has 0 saturated carbocycles. The first-order valence-corrected chi connectivity index (χ1v) is 8.85. The van der Waals surface area contributed by atoms with Gasteiger partial charge in [-0.15, -0.1) is 0 Å². The van der Waals surface area contributed by atoms with E-state index >= 15 is 0 Å². The van der Waals surface area contributed by atoms with Crippen molar-refractivity contribution in [3.63, 3.8) is 0 Å². The van der Waals surface area contributed by atoms with Gasteiger partial charge in [-0.3, -0.25) is 9.59 Å². The number of hydrogen-bond donors (Lipinski definition) is 3. The Morgan fingerprint density at radius 1 is 1.11 bits per heavy atom. The molecule has 0 aromatic heterocycles. The van der Waals surface area contributed by atoms with E-state index in [0.29, 0.717) is 30.2 Å². The third-order valence-electron chi connectivity index (χ3n) is 3.37. The summed E-state index contributed by atoms with van der Waals surface area (Å²) < 4.78 is 10.6. The van der Waals surface area contributed by atoms with Gasteiger partial charge < -0.3 is 19.9 Å². The fraction of sp³-hybridized carbons (Fsp3) is 0.211. The van der Waals surface area contributed by atoms with Crippen molar-refractivity contribution in [2.24, 2.45) is 5.10 Å². The van der Waals surface area contributed by atoms with Crippen LogP contribution in [0.3, 0.4) is 0 Å². The topological polar surface area (TPSA) is 109 Å². The third-order valence-corrected chi connectivity index (χ3v) is 3.66. The number of carbonyl (C=O) groups is 2. The molecular weight excluding hydrogens is 386 g/mol. The number of carbonyl (C=O) groups excluding carboxylic acids is 2. The van der Waals surface area contributed by atoms with E-state index in [-0.39, 0.29) is 16.5 Å². The van der Waals surface area contributed by atoms with Crippen LogP contribution in [0.1, 0.15) is 19.4 Å². The summed E-state index contributed by atoms with van der Waals surface area (Å²) in [5, 5.41) is 16.1. The molecular formula is C19H20ClN3O5. The Morgan fingerprint density at radius 2 is 1.79 bits per heavy atom. The molecule has 0 fully saturated rings. The predicted octanol–water partition coefficient (Wildman–Crippen LogP) is 2.93. The zero-order chi connectivity index (χ0) is 20.5. The van der Waals surface area contributed by atoms with Crippen molar-refractivity contribution in [3.05, 3.63) is 47.0 Å². The minimum atomic E-state index is -0.961. The summed E-state index contributed by atoms with van der Waals surface area (Å²) in [6.07, 6.45) is 1.27. The summed E-state index contributed by atoms with van der Waals surface area (Å²) in [5.41, 5.74) is 2.96. The maximum atomic E-state index is 12.0. The van der Waals surface area contributed by atoms with Crippen LogP contribution in [0.25, 0.3) is 0 Å². The molecule has 2 aromatic carbocycles. The Hall–Kier alpha value is -3.26. The molecule has 0 spiro atoms. The highest BCUT2D eigenvalue weighted by atomic mass is 35.5. The van der Waals surface area contributed by atoms with Crippen molar-refractivity contribution in [1.82, 2.24) is 5.43 Å². The van der Waals surface area contributed by atoms with Crippen molar-refractivity contribution in [1.29, 1.82) is 0 Å². The van der Waals surface area contributed by atoms with E-state index < -0.39 is 11.8 Å². The molecule has 3 N–H and O–H groups in total. The zero-order valence-electron chi connectivity index (χ0n) is 15.4. The Kier molecular flexibility index (Phi) is 7.65. The van der Waals surface area contributed by atoms with Crippen molar-refractivity contribution in [3.8, 4) is 17.2 Å². The Labute approximate surface area is 167 Å². The molecule has 28 heavy (non-hydrogen) atoms. The van der Waals surface area contributed by atoms with E-state index in [1.165, 1.54) is 18.3 Å². The maximum absolute atomic E-state index is 12.0. The molecule has 0 bridgehead atoms. The number of halogens is 1. The van der Waals surface area contributed by atoms with Gasteiger partial charge in [0, 0.05) is 0 Å². The molecule has 8 nitrogen and oxygen atoms in total. The number of phenols is 1. The Bertz CT molecular complexity index is 886. The molecule has 2 rings (SSSR count). The van der Waals surface area contributed by atoms with Gasteiger partial charge in [0.15, 0.2) is 11.5 Å². The summed E-state index contributed by atoms with van der Waals surface area (Å²) >= 11 is 5.92. The molecule has 2 aromatic rings. The minimum Gasteiger partial charge on any atom is -0.503 e. The molecule has 0 heterocycles. The standard InChI is InChI=1S/C19H20ClN3O5/c1-3-27-15-8-6-5-7-14(15)22-18(25)19(26)23-21-11-12-9-13(20)17(24)16(10-12)28-4-2/h5-11,24H,3-4H2,1-2H3,(H,22,25)(H,23,26)/b21-11-. The number of phenolic OH excluding ortho intramolecular Hbond substituents is 1. The molecule has 0 saturated heterocycles. The lowest BCUT2D eigenvalue weighted by Gasteiger charge is -2.10. The lowest BCUT2D eigenvalue weighted by molar-refractivity contribution is -0.136. The summed E-state index contributed by atoms with van der Waals surface area (Å²) in [6.45, 7) is 4.33. The van der Waals surface area contributed by atoms with Gasteiger partial charge in [-0.1, -0.05) is 23.7 Å². The largest absolute Gasteiger partial charge is 0.503 e. The highest BCUT2D eigenvalue weighted by Gasteiger charge is 2.15. The van der Waals surface area contributed by atoms with Gasteiger partial charge in [-0.2, -0.15) is 5.10 Å². The van der Waals surface area contributed by atoms with E-state index in [1.54, 1.807) is 31.2 Å². The SMILES string of the molecule is CCOc1ccccc1NC(=O)C(=O)N/N=C\c1cc(Cl)c(O)c(OCC)c1. The van der Waals surface area contributed by atoms with Crippen LogP contribution in [0.2, 0.25) is 5.02 Å². The Morgan fingerprint density at radius 3 is 2.50 bits per heavy atom. The van der Waals surface area contributed by atoms with Crippen LogP contribution in [0, 0.1) is 0 Å². The number of aromatic hydroxyl groups is 1. The second-order valence-corrected chi connectivity index (χ2v) is 5.77. The number of nitrogens with one attached hydrogen (secondary N) is 2. The van der Waals surface area contributed by atoms with Gasteiger partial charge in [-0.25, -0.2) is 5.43 Å². The van der Waals surface area contributed by atoms with E-state index in [4.69, 9.17) is 21.1 Å². The highest BCUT2D eigenvalue weighted by molar-refractivity contribution is 6.39. The molecule has 0 aliphatic rings. The number of ether oxygens (including phenoxy) is 2. The summed E-state index contributed by atoms with van der Waals surface area (Å²) in [6, 6.07) is 9.70. The summed E-state index contributed by atoms with van der Waals surface area (Å²) in [4.78, 5) is 24.0. The van der Waals surface area contributed by atoms with Crippen LogP contribution in [0.5, 0.6) is 17.2 Å². The average molecular weight is 406 g/mol. The number of benzene rings is 2. The molecule has 9 heteroatoms. The van der Waals surface area contributed by atoms with Gasteiger partial charge in [0.25, 0.3) is 0 Å². The van der Waals surface area contributed by atoms with Crippen LogP contribution < -0.4 is 20.2 Å². The number of hydrazone groups is 1. The first-order chi connectivity index (χ1) is 13.5. The van der Waals surface area contributed by atoms with Gasteiger partial charge in [0.05, 0.1) is 30.1 Å².